The van der Waals surface area contributed by atoms with Crippen molar-refractivity contribution in [3.05, 3.63) is 235 Å². The molecule has 1 aliphatic rings. The number of para-hydroxylation sites is 1. The second-order valence-electron chi connectivity index (χ2n) is 14.4. The van der Waals surface area contributed by atoms with Crippen LogP contribution < -0.4 is 4.90 Å². The maximum atomic E-state index is 2.46. The highest BCUT2D eigenvalue weighted by molar-refractivity contribution is 6.29. The van der Waals surface area contributed by atoms with E-state index >= 15 is 0 Å². The van der Waals surface area contributed by atoms with Crippen molar-refractivity contribution in [2.24, 2.45) is 0 Å². The molecule has 11 rings (SSSR count). The van der Waals surface area contributed by atoms with E-state index in [1.165, 1.54) is 76.5 Å². The molecule has 10 aromatic rings. The van der Waals surface area contributed by atoms with Gasteiger partial charge in [-0.3, -0.25) is 0 Å². The van der Waals surface area contributed by atoms with Crippen molar-refractivity contribution in [3.63, 3.8) is 0 Å². The summed E-state index contributed by atoms with van der Waals surface area (Å²) in [6.45, 7) is 0. The number of hydrogen-bond donors (Lipinski definition) is 0. The molecular weight excluding hydrogens is 651 g/mol. The minimum atomic E-state index is -0.488. The first-order valence-corrected chi connectivity index (χ1v) is 18.8. The van der Waals surface area contributed by atoms with E-state index in [0.29, 0.717) is 0 Å². The number of benzene rings is 10. The van der Waals surface area contributed by atoms with E-state index in [1.54, 1.807) is 0 Å². The molecule has 1 aliphatic carbocycles. The molecule has 1 heteroatoms. The van der Waals surface area contributed by atoms with E-state index in [1.807, 2.05) is 0 Å². The monoisotopic (exact) mass is 685 g/mol. The largest absolute Gasteiger partial charge is 0.310 e. The second-order valence-corrected chi connectivity index (χ2v) is 14.4. The Labute approximate surface area is 315 Å². The fourth-order valence-corrected chi connectivity index (χ4v) is 9.45. The summed E-state index contributed by atoms with van der Waals surface area (Å²) < 4.78 is 0. The van der Waals surface area contributed by atoms with Crippen molar-refractivity contribution in [3.8, 4) is 11.1 Å². The summed E-state index contributed by atoms with van der Waals surface area (Å²) in [6.07, 6.45) is 0. The van der Waals surface area contributed by atoms with Crippen LogP contribution in [0.3, 0.4) is 0 Å². The number of anilines is 3. The van der Waals surface area contributed by atoms with Crippen LogP contribution >= 0.6 is 0 Å². The Balaban J connectivity index is 1.21. The Kier molecular flexibility index (Phi) is 6.84. The lowest BCUT2D eigenvalue weighted by Crippen LogP contribution is -2.28. The fourth-order valence-electron chi connectivity index (χ4n) is 9.45. The van der Waals surface area contributed by atoms with Crippen molar-refractivity contribution < 1.29 is 0 Å². The van der Waals surface area contributed by atoms with Gasteiger partial charge < -0.3 is 4.90 Å². The molecule has 0 amide bonds. The Morgan fingerprint density at radius 2 is 0.833 bits per heavy atom. The molecule has 0 saturated heterocycles. The van der Waals surface area contributed by atoms with Gasteiger partial charge in [0.15, 0.2) is 0 Å². The van der Waals surface area contributed by atoms with Crippen LogP contribution in [0.5, 0.6) is 0 Å². The van der Waals surface area contributed by atoms with Crippen molar-refractivity contribution in [1.82, 2.24) is 0 Å². The van der Waals surface area contributed by atoms with Gasteiger partial charge in [-0.25, -0.2) is 0 Å². The maximum absolute atomic E-state index is 2.46. The predicted octanol–water partition coefficient (Wildman–Crippen LogP) is 14.1. The Morgan fingerprint density at radius 3 is 1.57 bits per heavy atom. The lowest BCUT2D eigenvalue weighted by molar-refractivity contribution is 0.768. The van der Waals surface area contributed by atoms with Crippen molar-refractivity contribution in [1.29, 1.82) is 0 Å². The highest BCUT2D eigenvalue weighted by Gasteiger charge is 2.46. The zero-order valence-electron chi connectivity index (χ0n) is 29.7. The number of fused-ring (bicyclic) bond motifs is 10. The first-order valence-electron chi connectivity index (χ1n) is 18.8. The van der Waals surface area contributed by atoms with Crippen LogP contribution in [0.2, 0.25) is 0 Å². The van der Waals surface area contributed by atoms with E-state index in [0.717, 1.165) is 17.1 Å². The molecule has 0 radical (unpaired) electrons. The third-order valence-corrected chi connectivity index (χ3v) is 11.7. The van der Waals surface area contributed by atoms with Crippen LogP contribution in [-0.2, 0) is 5.41 Å². The van der Waals surface area contributed by atoms with Crippen molar-refractivity contribution in [2.75, 3.05) is 4.90 Å². The molecule has 252 valence electrons. The quantitative estimate of drug-likeness (QED) is 0.163. The molecular formula is C53H35N. The summed E-state index contributed by atoms with van der Waals surface area (Å²) in [5.74, 6) is 0. The summed E-state index contributed by atoms with van der Waals surface area (Å²) in [5.41, 5.74) is 10.6. The van der Waals surface area contributed by atoms with Crippen LogP contribution in [0.1, 0.15) is 22.3 Å². The maximum Gasteiger partial charge on any atom is 0.0714 e. The van der Waals surface area contributed by atoms with Crippen LogP contribution in [-0.4, -0.2) is 0 Å². The molecule has 10 aromatic carbocycles. The summed E-state index contributed by atoms with van der Waals surface area (Å²) in [4.78, 5) is 2.46. The number of hydrogen-bond acceptors (Lipinski definition) is 1. The SMILES string of the molecule is c1ccc(N(c2cccc(C3(c4ccccc4)c4ccccc4-c4ccccc43)c2)c2cc3ccc4ccc5ccccc5c4c3c3ccccc23)cc1. The van der Waals surface area contributed by atoms with Gasteiger partial charge in [-0.05, 0) is 101 Å². The average Bonchev–Trinajstić information content (AvgIpc) is 3.55. The predicted molar refractivity (Wildman–Crippen MR) is 228 cm³/mol. The molecule has 0 fully saturated rings. The third-order valence-electron chi connectivity index (χ3n) is 11.7. The van der Waals surface area contributed by atoms with Gasteiger partial charge in [-0.2, -0.15) is 0 Å². The number of rotatable bonds is 5. The first-order chi connectivity index (χ1) is 26.8. The van der Waals surface area contributed by atoms with Crippen LogP contribution in [0.4, 0.5) is 17.1 Å². The lowest BCUT2D eigenvalue weighted by Gasteiger charge is -2.35. The van der Waals surface area contributed by atoms with Gasteiger partial charge in [-0.15, -0.1) is 0 Å². The van der Waals surface area contributed by atoms with Crippen molar-refractivity contribution in [2.45, 2.75) is 5.41 Å². The van der Waals surface area contributed by atoms with Crippen LogP contribution in [0, 0.1) is 0 Å². The van der Waals surface area contributed by atoms with Gasteiger partial charge in [0.2, 0.25) is 0 Å². The van der Waals surface area contributed by atoms with Gasteiger partial charge in [0.05, 0.1) is 11.1 Å². The topological polar surface area (TPSA) is 3.24 Å². The van der Waals surface area contributed by atoms with E-state index in [2.05, 4.69) is 217 Å². The van der Waals surface area contributed by atoms with Gasteiger partial charge in [0, 0.05) is 16.8 Å². The molecule has 0 atom stereocenters. The summed E-state index contributed by atoms with van der Waals surface area (Å²) in [6, 6.07) is 78.4. The Hall–Kier alpha value is -6.96. The van der Waals surface area contributed by atoms with Gasteiger partial charge in [0.1, 0.15) is 0 Å². The van der Waals surface area contributed by atoms with Gasteiger partial charge >= 0.3 is 0 Å². The standard InChI is InChI=1S/C53H35N/c1-3-17-39(18-4-1)53(48-28-13-11-24-44(48)45-25-12-14-29-49(45)53)40-19-15-22-42(35-40)54(41-20-5-2-6-21-41)50-34-38-33-32-37-31-30-36-16-7-8-23-43(36)51(37)52(38)47-27-10-9-26-46(47)50/h1-35H. The lowest BCUT2D eigenvalue weighted by atomic mass is 9.67. The smallest absolute Gasteiger partial charge is 0.0714 e. The summed E-state index contributed by atoms with van der Waals surface area (Å²) in [5, 5.41) is 10.1. The average molecular weight is 686 g/mol. The van der Waals surface area contributed by atoms with Gasteiger partial charge in [-0.1, -0.05) is 182 Å². The summed E-state index contributed by atoms with van der Waals surface area (Å²) in [7, 11) is 0. The Morgan fingerprint density at radius 1 is 0.315 bits per heavy atom. The van der Waals surface area contributed by atoms with Crippen LogP contribution in [0.25, 0.3) is 54.2 Å². The van der Waals surface area contributed by atoms with Crippen LogP contribution in [0.15, 0.2) is 212 Å². The highest BCUT2D eigenvalue weighted by Crippen LogP contribution is 2.56. The molecule has 0 saturated carbocycles. The number of nitrogens with zero attached hydrogens (tertiary/aromatic N) is 1. The molecule has 0 bridgehead atoms. The fraction of sp³-hybridized carbons (Fsp3) is 0.0189. The molecule has 0 N–H and O–H groups in total. The Bertz CT molecular complexity index is 3010. The first kappa shape index (κ1) is 30.6. The second kappa shape index (κ2) is 12.0. The molecule has 0 heterocycles. The zero-order chi connectivity index (χ0) is 35.6. The minimum Gasteiger partial charge on any atom is -0.310 e. The van der Waals surface area contributed by atoms with Gasteiger partial charge in [0.25, 0.3) is 0 Å². The van der Waals surface area contributed by atoms with E-state index in [-0.39, 0.29) is 0 Å². The molecule has 1 nitrogen and oxygen atoms in total. The summed E-state index contributed by atoms with van der Waals surface area (Å²) >= 11 is 0. The molecule has 0 spiro atoms. The highest BCUT2D eigenvalue weighted by atomic mass is 15.1. The van der Waals surface area contributed by atoms with Crippen molar-refractivity contribution >= 4 is 60.2 Å². The van der Waals surface area contributed by atoms with E-state index < -0.39 is 5.41 Å². The molecule has 0 aromatic heterocycles. The molecule has 0 aliphatic heterocycles. The normalized spacial score (nSPS) is 13.0. The minimum absolute atomic E-state index is 0.488. The zero-order valence-corrected chi connectivity index (χ0v) is 29.7. The molecule has 0 unspecified atom stereocenters. The van der Waals surface area contributed by atoms with E-state index in [9.17, 15) is 0 Å². The molecule has 54 heavy (non-hydrogen) atoms. The third kappa shape index (κ3) is 4.39. The van der Waals surface area contributed by atoms with E-state index in [4.69, 9.17) is 0 Å².